The van der Waals surface area contributed by atoms with Crippen molar-refractivity contribution in [3.8, 4) is 0 Å². The van der Waals surface area contributed by atoms with Crippen LogP contribution in [0.15, 0.2) is 77.6 Å². The zero-order valence-electron chi connectivity index (χ0n) is 20.6. The Labute approximate surface area is 209 Å². The summed E-state index contributed by atoms with van der Waals surface area (Å²) in [7, 11) is 0. The molecule has 1 aliphatic rings. The Bertz CT molecular complexity index is 1620. The minimum atomic E-state index is -0.448. The third-order valence-corrected chi connectivity index (χ3v) is 7.15. The summed E-state index contributed by atoms with van der Waals surface area (Å²) in [6, 6.07) is 24.4. The molecule has 0 spiro atoms. The Morgan fingerprint density at radius 2 is 1.81 bits per heavy atom. The Morgan fingerprint density at radius 1 is 1.03 bits per heavy atom. The number of nitrogens with zero attached hydrogens (tertiary/aromatic N) is 5. The molecule has 180 valence electrons. The van der Waals surface area contributed by atoms with Crippen LogP contribution >= 0.6 is 0 Å². The van der Waals surface area contributed by atoms with Crippen LogP contribution in [0.2, 0.25) is 0 Å². The summed E-state index contributed by atoms with van der Waals surface area (Å²) >= 11 is 0. The number of anilines is 1. The van der Waals surface area contributed by atoms with Crippen molar-refractivity contribution in [2.45, 2.75) is 45.8 Å². The number of aromatic amines is 1. The van der Waals surface area contributed by atoms with Gasteiger partial charge in [-0.1, -0.05) is 54.6 Å². The van der Waals surface area contributed by atoms with Gasteiger partial charge in [0.25, 0.3) is 5.56 Å². The van der Waals surface area contributed by atoms with Crippen LogP contribution < -0.4 is 10.5 Å². The monoisotopic (exact) mass is 476 g/mol. The first-order valence-corrected chi connectivity index (χ1v) is 12.3. The van der Waals surface area contributed by atoms with Gasteiger partial charge in [0.05, 0.1) is 6.54 Å². The van der Waals surface area contributed by atoms with Crippen molar-refractivity contribution < 1.29 is 0 Å². The van der Waals surface area contributed by atoms with Crippen molar-refractivity contribution in [2.75, 3.05) is 4.90 Å². The van der Waals surface area contributed by atoms with E-state index >= 15 is 0 Å². The van der Waals surface area contributed by atoms with Crippen LogP contribution in [0.3, 0.4) is 0 Å². The number of tetrazole rings is 1. The second kappa shape index (κ2) is 8.75. The number of aromatic nitrogens is 5. The smallest absolute Gasteiger partial charge is 0.254 e. The zero-order valence-corrected chi connectivity index (χ0v) is 20.6. The predicted octanol–water partition coefficient (Wildman–Crippen LogP) is 4.72. The molecule has 3 heterocycles. The van der Waals surface area contributed by atoms with E-state index in [1.165, 1.54) is 5.56 Å². The highest BCUT2D eigenvalue weighted by molar-refractivity contribution is 5.83. The SMILES string of the molecule is Cc1cc(C)c2cc(C(c3nnnn3Cc3ccccc3)N3c4ccccc4CC3C)c(=O)[nH]c2c1. The summed E-state index contributed by atoms with van der Waals surface area (Å²) in [5, 5.41) is 13.9. The van der Waals surface area contributed by atoms with Crippen molar-refractivity contribution in [1.29, 1.82) is 0 Å². The lowest BCUT2D eigenvalue weighted by molar-refractivity contribution is 0.544. The van der Waals surface area contributed by atoms with Crippen molar-refractivity contribution in [1.82, 2.24) is 25.2 Å². The average molecular weight is 477 g/mol. The number of fused-ring (bicyclic) bond motifs is 2. The molecule has 0 aliphatic carbocycles. The van der Waals surface area contributed by atoms with Crippen LogP contribution in [0.4, 0.5) is 5.69 Å². The maximum absolute atomic E-state index is 13.7. The molecule has 1 aliphatic heterocycles. The van der Waals surface area contributed by atoms with E-state index in [0.717, 1.165) is 39.7 Å². The standard InChI is InChI=1S/C29H28N6O/c1-18-13-19(2)23-16-24(29(36)30-25(23)14-18)27(35-20(3)15-22-11-7-8-12-26(22)35)28-31-32-33-34(28)17-21-9-5-4-6-10-21/h4-14,16,20,27H,15,17H2,1-3H3,(H,30,36). The number of nitrogens with one attached hydrogen (secondary N) is 1. The molecule has 7 heteroatoms. The molecule has 1 N–H and O–H groups in total. The number of aryl methyl sites for hydroxylation is 2. The van der Waals surface area contributed by atoms with Crippen molar-refractivity contribution in [2.24, 2.45) is 0 Å². The van der Waals surface area contributed by atoms with Gasteiger partial charge < -0.3 is 9.88 Å². The number of H-pyrrole nitrogens is 1. The lowest BCUT2D eigenvalue weighted by Gasteiger charge is -2.33. The highest BCUT2D eigenvalue weighted by Gasteiger charge is 2.38. The van der Waals surface area contributed by atoms with Crippen molar-refractivity contribution >= 4 is 16.6 Å². The quantitative estimate of drug-likeness (QED) is 0.397. The van der Waals surface area contributed by atoms with E-state index in [1.54, 1.807) is 0 Å². The molecular weight excluding hydrogens is 448 g/mol. The molecule has 2 atom stereocenters. The second-order valence-electron chi connectivity index (χ2n) is 9.77. The van der Waals surface area contributed by atoms with E-state index < -0.39 is 6.04 Å². The van der Waals surface area contributed by atoms with E-state index in [2.05, 4.69) is 75.7 Å². The van der Waals surface area contributed by atoms with Gasteiger partial charge in [-0.25, -0.2) is 4.68 Å². The minimum Gasteiger partial charge on any atom is -0.354 e. The predicted molar refractivity (Wildman–Crippen MR) is 141 cm³/mol. The van der Waals surface area contributed by atoms with Gasteiger partial charge in [0.15, 0.2) is 5.82 Å². The minimum absolute atomic E-state index is 0.122. The highest BCUT2D eigenvalue weighted by Crippen LogP contribution is 2.40. The third kappa shape index (κ3) is 3.77. The lowest BCUT2D eigenvalue weighted by atomic mass is 9.99. The van der Waals surface area contributed by atoms with Crippen LogP contribution in [0, 0.1) is 13.8 Å². The number of para-hydroxylation sites is 1. The Morgan fingerprint density at radius 3 is 2.64 bits per heavy atom. The molecular formula is C29H28N6O. The molecule has 2 unspecified atom stereocenters. The van der Waals surface area contributed by atoms with Crippen molar-refractivity contribution in [3.63, 3.8) is 0 Å². The molecule has 6 rings (SSSR count). The fraction of sp³-hybridized carbons (Fsp3) is 0.241. The summed E-state index contributed by atoms with van der Waals surface area (Å²) in [5.41, 5.74) is 7.09. The van der Waals surface area contributed by atoms with Gasteiger partial charge in [0, 0.05) is 28.2 Å². The fourth-order valence-electron chi connectivity index (χ4n) is 5.57. The summed E-state index contributed by atoms with van der Waals surface area (Å²) in [5.74, 6) is 0.650. The molecule has 3 aromatic carbocycles. The molecule has 5 aromatic rings. The maximum Gasteiger partial charge on any atom is 0.254 e. The molecule has 0 saturated heterocycles. The highest BCUT2D eigenvalue weighted by atomic mass is 16.1. The number of pyridine rings is 1. The van der Waals surface area contributed by atoms with Gasteiger partial charge in [-0.2, -0.15) is 0 Å². The fourth-order valence-corrected chi connectivity index (χ4v) is 5.57. The second-order valence-corrected chi connectivity index (χ2v) is 9.77. The van der Waals surface area contributed by atoms with E-state index in [4.69, 9.17) is 0 Å². The summed E-state index contributed by atoms with van der Waals surface area (Å²) in [4.78, 5) is 19.1. The summed E-state index contributed by atoms with van der Waals surface area (Å²) in [6.07, 6.45) is 0.899. The Hall–Kier alpha value is -4.26. The first-order valence-electron chi connectivity index (χ1n) is 12.3. The molecule has 0 fully saturated rings. The van der Waals surface area contributed by atoms with Crippen LogP contribution in [0.5, 0.6) is 0 Å². The molecule has 0 bridgehead atoms. The zero-order chi connectivity index (χ0) is 24.8. The first kappa shape index (κ1) is 22.2. The van der Waals surface area contributed by atoms with E-state index in [1.807, 2.05) is 48.0 Å². The molecule has 2 aromatic heterocycles. The van der Waals surface area contributed by atoms with Crippen LogP contribution in [-0.4, -0.2) is 31.2 Å². The van der Waals surface area contributed by atoms with Crippen LogP contribution in [0.1, 0.15) is 46.6 Å². The third-order valence-electron chi connectivity index (χ3n) is 7.15. The number of hydrogen-bond acceptors (Lipinski definition) is 5. The molecule has 0 saturated carbocycles. The van der Waals surface area contributed by atoms with Crippen LogP contribution in [0.25, 0.3) is 10.9 Å². The molecule has 0 amide bonds. The van der Waals surface area contributed by atoms with Gasteiger partial charge >= 0.3 is 0 Å². The van der Waals surface area contributed by atoms with Gasteiger partial charge in [0.2, 0.25) is 0 Å². The number of benzene rings is 3. The Kier molecular flexibility index (Phi) is 5.40. The van der Waals surface area contributed by atoms with E-state index in [0.29, 0.717) is 17.9 Å². The summed E-state index contributed by atoms with van der Waals surface area (Å²) < 4.78 is 1.82. The Balaban J connectivity index is 1.57. The summed E-state index contributed by atoms with van der Waals surface area (Å²) in [6.45, 7) is 6.84. The number of hydrogen-bond donors (Lipinski definition) is 1. The van der Waals surface area contributed by atoms with E-state index in [-0.39, 0.29) is 11.6 Å². The molecule has 0 radical (unpaired) electrons. The average Bonchev–Trinajstić information content (AvgIpc) is 3.44. The van der Waals surface area contributed by atoms with E-state index in [9.17, 15) is 4.79 Å². The molecule has 7 nitrogen and oxygen atoms in total. The largest absolute Gasteiger partial charge is 0.354 e. The van der Waals surface area contributed by atoms with Gasteiger partial charge in [-0.3, -0.25) is 4.79 Å². The lowest BCUT2D eigenvalue weighted by Crippen LogP contribution is -2.39. The van der Waals surface area contributed by atoms with Gasteiger partial charge in [-0.05, 0) is 78.1 Å². The first-order chi connectivity index (χ1) is 17.5. The maximum atomic E-state index is 13.7. The number of rotatable bonds is 5. The van der Waals surface area contributed by atoms with Gasteiger partial charge in [-0.15, -0.1) is 5.10 Å². The topological polar surface area (TPSA) is 79.7 Å². The van der Waals surface area contributed by atoms with Crippen molar-refractivity contribution in [3.05, 3.63) is 117 Å². The van der Waals surface area contributed by atoms with Gasteiger partial charge in [0.1, 0.15) is 6.04 Å². The van der Waals surface area contributed by atoms with Crippen LogP contribution in [-0.2, 0) is 13.0 Å². The normalized spacial score (nSPS) is 15.9. The molecule has 36 heavy (non-hydrogen) atoms.